The Labute approximate surface area is 265 Å². The highest BCUT2D eigenvalue weighted by atomic mass is 19.4. The van der Waals surface area contributed by atoms with Gasteiger partial charge in [0.05, 0.1) is 38.0 Å². The molecule has 1 aliphatic heterocycles. The van der Waals surface area contributed by atoms with E-state index >= 15 is 0 Å². The number of methoxy groups -OCH3 is 1. The lowest BCUT2D eigenvalue weighted by molar-refractivity contribution is -0.143. The van der Waals surface area contributed by atoms with Crippen molar-refractivity contribution in [3.63, 3.8) is 0 Å². The normalized spacial score (nSPS) is 16.1. The van der Waals surface area contributed by atoms with E-state index in [-0.39, 0.29) is 29.3 Å². The molecule has 2 aliphatic rings. The van der Waals surface area contributed by atoms with Gasteiger partial charge < -0.3 is 19.1 Å². The monoisotopic (exact) mass is 641 g/mol. The fourth-order valence-electron chi connectivity index (χ4n) is 5.80. The van der Waals surface area contributed by atoms with Crippen LogP contribution in [0.2, 0.25) is 0 Å². The highest BCUT2D eigenvalue weighted by molar-refractivity contribution is 6.09. The number of nitrogens with zero attached hydrogens (tertiary/aromatic N) is 5. The molecule has 10 nitrogen and oxygen atoms in total. The molecule has 246 valence electrons. The summed E-state index contributed by atoms with van der Waals surface area (Å²) in [5.74, 6) is 0.329. The molecule has 1 aliphatic carbocycles. The van der Waals surface area contributed by atoms with E-state index in [0.717, 1.165) is 31.2 Å². The van der Waals surface area contributed by atoms with Gasteiger partial charge in [-0.05, 0) is 80.2 Å². The largest absolute Gasteiger partial charge is 0.497 e. The molecular weight excluding hydrogens is 603 g/mol. The van der Waals surface area contributed by atoms with Crippen molar-refractivity contribution in [2.24, 2.45) is 11.8 Å². The van der Waals surface area contributed by atoms with E-state index in [1.807, 2.05) is 17.0 Å². The minimum atomic E-state index is -4.66. The maximum absolute atomic E-state index is 13.6. The van der Waals surface area contributed by atoms with Crippen LogP contribution in [0.3, 0.4) is 0 Å². The summed E-state index contributed by atoms with van der Waals surface area (Å²) in [6.45, 7) is 2.17. The van der Waals surface area contributed by atoms with Gasteiger partial charge in [-0.3, -0.25) is 14.5 Å². The van der Waals surface area contributed by atoms with Crippen LogP contribution in [0.4, 0.5) is 24.8 Å². The van der Waals surface area contributed by atoms with Gasteiger partial charge in [0.2, 0.25) is 11.8 Å². The molecule has 3 aromatic rings. The Morgan fingerprint density at radius 1 is 1.02 bits per heavy atom. The number of benzene rings is 1. The Kier molecular flexibility index (Phi) is 10.6. The van der Waals surface area contributed by atoms with Crippen molar-refractivity contribution in [3.8, 4) is 11.6 Å². The molecule has 2 fully saturated rings. The number of rotatable bonds is 13. The standard InChI is InChI=1S/C33H38F3N5O5/c1-3-45-30(42)19-27(23-5-6-23)24-9-14-37-29(17-24)46-20-22-10-15-40(16-11-22)28-18-25(44-2)7-8-26(28)31(43)41(21-33(34,35)36)32-38-12-4-13-39-32/h4,7-9,12-14,17-18,22-23,27H,3,5-6,10-11,15-16,19-21H2,1-2H3. The van der Waals surface area contributed by atoms with Gasteiger partial charge in [0, 0.05) is 43.8 Å². The fourth-order valence-corrected chi connectivity index (χ4v) is 5.80. The number of carbonyl (C=O) groups excluding carboxylic acids is 2. The number of aromatic nitrogens is 3. The lowest BCUT2D eigenvalue weighted by Crippen LogP contribution is -2.42. The Bertz CT molecular complexity index is 1480. The average molecular weight is 642 g/mol. The molecule has 13 heteroatoms. The van der Waals surface area contributed by atoms with Crippen molar-refractivity contribution in [2.75, 3.05) is 49.8 Å². The number of anilines is 2. The number of halogens is 3. The summed E-state index contributed by atoms with van der Waals surface area (Å²) >= 11 is 0. The molecular formula is C33H38F3N5O5. The van der Waals surface area contributed by atoms with Crippen molar-refractivity contribution >= 4 is 23.5 Å². The molecule has 1 unspecified atom stereocenters. The number of carbonyl (C=O) groups is 2. The summed E-state index contributed by atoms with van der Waals surface area (Å²) in [7, 11) is 1.49. The molecule has 1 atom stereocenters. The molecule has 3 heterocycles. The predicted molar refractivity (Wildman–Crippen MR) is 164 cm³/mol. The minimum absolute atomic E-state index is 0.0768. The van der Waals surface area contributed by atoms with Gasteiger partial charge in [-0.15, -0.1) is 0 Å². The van der Waals surface area contributed by atoms with Crippen LogP contribution in [0.1, 0.15) is 60.9 Å². The van der Waals surface area contributed by atoms with E-state index in [1.54, 1.807) is 25.3 Å². The molecule has 1 saturated carbocycles. The van der Waals surface area contributed by atoms with E-state index < -0.39 is 18.6 Å². The van der Waals surface area contributed by atoms with Crippen LogP contribution in [0.15, 0.2) is 55.0 Å². The number of hydrogen-bond acceptors (Lipinski definition) is 9. The number of ether oxygens (including phenoxy) is 3. The lowest BCUT2D eigenvalue weighted by Gasteiger charge is -2.35. The Morgan fingerprint density at radius 3 is 2.41 bits per heavy atom. The maximum atomic E-state index is 13.6. The van der Waals surface area contributed by atoms with Gasteiger partial charge >= 0.3 is 12.1 Å². The Balaban J connectivity index is 1.25. The molecule has 0 spiro atoms. The highest BCUT2D eigenvalue weighted by Gasteiger charge is 2.37. The van der Waals surface area contributed by atoms with Crippen LogP contribution in [-0.4, -0.2) is 73.0 Å². The number of hydrogen-bond donors (Lipinski definition) is 0. The van der Waals surface area contributed by atoms with Crippen LogP contribution in [0.25, 0.3) is 0 Å². The van der Waals surface area contributed by atoms with Gasteiger partial charge in [0.15, 0.2) is 0 Å². The maximum Gasteiger partial charge on any atom is 0.406 e. The summed E-state index contributed by atoms with van der Waals surface area (Å²) in [6, 6.07) is 10.0. The Hall–Kier alpha value is -4.42. The highest BCUT2D eigenvalue weighted by Crippen LogP contribution is 2.45. The number of amides is 1. The number of alkyl halides is 3. The Morgan fingerprint density at radius 2 is 1.76 bits per heavy atom. The van der Waals surface area contributed by atoms with Gasteiger partial charge in [-0.1, -0.05) is 0 Å². The summed E-state index contributed by atoms with van der Waals surface area (Å²) in [5, 5.41) is 0. The van der Waals surface area contributed by atoms with Crippen LogP contribution < -0.4 is 19.3 Å². The SMILES string of the molecule is CCOC(=O)CC(c1ccnc(OCC2CCN(c3cc(OC)ccc3C(=O)N(CC(F)(F)F)c3ncccn3)CC2)c1)C1CC1. The topological polar surface area (TPSA) is 107 Å². The first-order chi connectivity index (χ1) is 22.1. The molecule has 2 aromatic heterocycles. The zero-order chi connectivity index (χ0) is 32.7. The molecule has 5 rings (SSSR count). The first-order valence-corrected chi connectivity index (χ1v) is 15.5. The van der Waals surface area contributed by atoms with Gasteiger partial charge in [0.1, 0.15) is 12.3 Å². The molecule has 1 amide bonds. The summed E-state index contributed by atoms with van der Waals surface area (Å²) < 4.78 is 57.3. The second-order valence-corrected chi connectivity index (χ2v) is 11.6. The van der Waals surface area contributed by atoms with Crippen LogP contribution in [0.5, 0.6) is 11.6 Å². The average Bonchev–Trinajstić information content (AvgIpc) is 3.91. The van der Waals surface area contributed by atoms with Gasteiger partial charge in [-0.25, -0.2) is 15.0 Å². The molecule has 1 aromatic carbocycles. The predicted octanol–water partition coefficient (Wildman–Crippen LogP) is 5.83. The van der Waals surface area contributed by atoms with Crippen LogP contribution >= 0.6 is 0 Å². The first-order valence-electron chi connectivity index (χ1n) is 15.5. The van der Waals surface area contributed by atoms with Crippen molar-refractivity contribution in [1.29, 1.82) is 0 Å². The number of pyridine rings is 1. The van der Waals surface area contributed by atoms with Crippen molar-refractivity contribution < 1.29 is 37.0 Å². The van der Waals surface area contributed by atoms with E-state index in [9.17, 15) is 22.8 Å². The van der Waals surface area contributed by atoms with Crippen LogP contribution in [-0.2, 0) is 9.53 Å². The van der Waals surface area contributed by atoms with Crippen molar-refractivity contribution in [2.45, 2.75) is 51.1 Å². The third-order valence-corrected chi connectivity index (χ3v) is 8.30. The first kappa shape index (κ1) is 33.0. The van der Waals surface area contributed by atoms with Crippen LogP contribution in [0, 0.1) is 11.8 Å². The fraction of sp³-hybridized carbons (Fsp3) is 0.485. The van der Waals surface area contributed by atoms with Gasteiger partial charge in [0.25, 0.3) is 5.91 Å². The third-order valence-electron chi connectivity index (χ3n) is 8.30. The second-order valence-electron chi connectivity index (χ2n) is 11.6. The molecule has 1 saturated heterocycles. The molecule has 0 bridgehead atoms. The molecule has 0 radical (unpaired) electrons. The van der Waals surface area contributed by atoms with Crippen molar-refractivity contribution in [1.82, 2.24) is 15.0 Å². The zero-order valence-electron chi connectivity index (χ0n) is 25.9. The summed E-state index contributed by atoms with van der Waals surface area (Å²) in [5.41, 5.74) is 1.60. The molecule has 46 heavy (non-hydrogen) atoms. The molecule has 0 N–H and O–H groups in total. The minimum Gasteiger partial charge on any atom is -0.497 e. The van der Waals surface area contributed by atoms with Gasteiger partial charge in [-0.2, -0.15) is 13.2 Å². The zero-order valence-corrected chi connectivity index (χ0v) is 25.9. The van der Waals surface area contributed by atoms with Crippen molar-refractivity contribution in [3.05, 3.63) is 66.1 Å². The van der Waals surface area contributed by atoms with E-state index in [0.29, 0.717) is 60.9 Å². The number of esters is 1. The van der Waals surface area contributed by atoms with E-state index in [1.165, 1.54) is 31.6 Å². The van der Waals surface area contributed by atoms with E-state index in [4.69, 9.17) is 14.2 Å². The summed E-state index contributed by atoms with van der Waals surface area (Å²) in [6.07, 6.45) is 3.60. The quantitative estimate of drug-likeness (QED) is 0.213. The second kappa shape index (κ2) is 14.8. The summed E-state index contributed by atoms with van der Waals surface area (Å²) in [4.78, 5) is 40.6. The number of piperidine rings is 1. The smallest absolute Gasteiger partial charge is 0.406 e. The lowest BCUT2D eigenvalue weighted by atomic mass is 9.92. The van der Waals surface area contributed by atoms with E-state index in [2.05, 4.69) is 15.0 Å². The third kappa shape index (κ3) is 8.64.